The molecular formula is C8H3BrF2O3. The average molecular weight is 265 g/mol. The number of benzene rings is 1. The summed E-state index contributed by atoms with van der Waals surface area (Å²) < 4.78 is 25.5. The molecule has 1 aromatic rings. The Hall–Kier alpha value is -1.30. The van der Waals surface area contributed by atoms with Gasteiger partial charge in [0.05, 0.1) is 10.0 Å². The van der Waals surface area contributed by atoms with Crippen LogP contribution in [0.4, 0.5) is 8.78 Å². The lowest BCUT2D eigenvalue weighted by Gasteiger charge is -2.00. The van der Waals surface area contributed by atoms with E-state index in [1.807, 2.05) is 0 Å². The number of hydrogen-bond donors (Lipinski definition) is 1. The highest BCUT2D eigenvalue weighted by Gasteiger charge is 2.21. The molecule has 1 aromatic carbocycles. The average Bonchev–Trinajstić information content (AvgIpc) is 2.09. The molecule has 0 aliphatic rings. The quantitative estimate of drug-likeness (QED) is 0.505. The topological polar surface area (TPSA) is 54.4 Å². The highest BCUT2D eigenvalue weighted by atomic mass is 79.9. The predicted octanol–water partition coefficient (Wildman–Crippen LogP) is 1.99. The number of ketones is 1. The molecule has 0 aliphatic carbocycles. The second-order valence-electron chi connectivity index (χ2n) is 2.38. The van der Waals surface area contributed by atoms with Gasteiger partial charge in [-0.2, -0.15) is 0 Å². The van der Waals surface area contributed by atoms with Crippen molar-refractivity contribution < 1.29 is 23.5 Å². The van der Waals surface area contributed by atoms with Gasteiger partial charge in [-0.25, -0.2) is 13.6 Å². The van der Waals surface area contributed by atoms with E-state index in [0.29, 0.717) is 6.07 Å². The molecule has 1 N–H and O–H groups in total. The minimum atomic E-state index is -1.83. The monoisotopic (exact) mass is 264 g/mol. The van der Waals surface area contributed by atoms with Gasteiger partial charge < -0.3 is 5.11 Å². The Morgan fingerprint density at radius 1 is 1.29 bits per heavy atom. The van der Waals surface area contributed by atoms with Crippen LogP contribution in [0.2, 0.25) is 0 Å². The number of hydrogen-bond acceptors (Lipinski definition) is 2. The Labute approximate surface area is 85.5 Å². The van der Waals surface area contributed by atoms with E-state index in [0.717, 1.165) is 6.07 Å². The van der Waals surface area contributed by atoms with Gasteiger partial charge in [-0.3, -0.25) is 4.79 Å². The summed E-state index contributed by atoms with van der Waals surface area (Å²) in [4.78, 5) is 21.1. The number of carboxylic acid groups (broad SMARTS) is 1. The lowest BCUT2D eigenvalue weighted by molar-refractivity contribution is -0.131. The summed E-state index contributed by atoms with van der Waals surface area (Å²) in [6.45, 7) is 0. The van der Waals surface area contributed by atoms with Gasteiger partial charge in [-0.1, -0.05) is 0 Å². The van der Waals surface area contributed by atoms with Crippen LogP contribution in [0, 0.1) is 11.6 Å². The SMILES string of the molecule is O=C(O)C(=O)c1cc(F)cc(Br)c1F. The fourth-order valence-electron chi connectivity index (χ4n) is 0.836. The third-order valence-corrected chi connectivity index (χ3v) is 2.01. The summed E-state index contributed by atoms with van der Waals surface area (Å²) in [7, 11) is 0. The fourth-order valence-corrected chi connectivity index (χ4v) is 1.27. The molecule has 0 amide bonds. The van der Waals surface area contributed by atoms with Crippen LogP contribution in [0.5, 0.6) is 0 Å². The Morgan fingerprint density at radius 3 is 2.36 bits per heavy atom. The highest BCUT2D eigenvalue weighted by molar-refractivity contribution is 9.10. The van der Waals surface area contributed by atoms with Crippen molar-refractivity contribution in [2.24, 2.45) is 0 Å². The van der Waals surface area contributed by atoms with Crippen molar-refractivity contribution in [1.29, 1.82) is 0 Å². The second kappa shape index (κ2) is 3.83. The molecule has 0 fully saturated rings. The van der Waals surface area contributed by atoms with Crippen LogP contribution >= 0.6 is 15.9 Å². The van der Waals surface area contributed by atoms with Crippen LogP contribution in [0.3, 0.4) is 0 Å². The Bertz CT molecular complexity index is 417. The smallest absolute Gasteiger partial charge is 0.377 e. The van der Waals surface area contributed by atoms with Crippen LogP contribution in [-0.2, 0) is 4.79 Å². The van der Waals surface area contributed by atoms with Crippen LogP contribution in [0.1, 0.15) is 10.4 Å². The van der Waals surface area contributed by atoms with Gasteiger partial charge >= 0.3 is 5.97 Å². The van der Waals surface area contributed by atoms with Crippen molar-refractivity contribution in [2.45, 2.75) is 0 Å². The maximum Gasteiger partial charge on any atom is 0.377 e. The van der Waals surface area contributed by atoms with Gasteiger partial charge in [0.15, 0.2) is 0 Å². The zero-order valence-electron chi connectivity index (χ0n) is 6.55. The number of rotatable bonds is 2. The first-order chi connectivity index (χ1) is 6.43. The molecule has 0 unspecified atom stereocenters. The number of carbonyl (C=O) groups is 2. The number of halogens is 3. The molecule has 0 atom stereocenters. The van der Waals surface area contributed by atoms with Gasteiger partial charge in [-0.05, 0) is 28.1 Å². The first kappa shape index (κ1) is 10.8. The summed E-state index contributed by atoms with van der Waals surface area (Å²) in [5.41, 5.74) is -0.802. The van der Waals surface area contributed by atoms with E-state index in [1.165, 1.54) is 0 Å². The molecule has 74 valence electrons. The number of carbonyl (C=O) groups excluding carboxylic acids is 1. The molecule has 6 heteroatoms. The minimum absolute atomic E-state index is 0.290. The molecule has 0 aromatic heterocycles. The molecular weight excluding hydrogens is 262 g/mol. The van der Waals surface area contributed by atoms with Crippen molar-refractivity contribution in [3.63, 3.8) is 0 Å². The van der Waals surface area contributed by atoms with E-state index in [1.54, 1.807) is 0 Å². The van der Waals surface area contributed by atoms with E-state index in [-0.39, 0.29) is 4.47 Å². The third-order valence-electron chi connectivity index (χ3n) is 1.43. The summed E-state index contributed by atoms with van der Waals surface area (Å²) in [6.07, 6.45) is 0. The Kier molecular flexibility index (Phi) is 2.95. The van der Waals surface area contributed by atoms with Crippen molar-refractivity contribution in [3.05, 3.63) is 33.8 Å². The summed E-state index contributed by atoms with van der Waals surface area (Å²) in [6, 6.07) is 1.34. The molecule has 0 saturated heterocycles. The molecule has 14 heavy (non-hydrogen) atoms. The zero-order valence-corrected chi connectivity index (χ0v) is 8.14. The molecule has 0 spiro atoms. The van der Waals surface area contributed by atoms with Crippen molar-refractivity contribution >= 4 is 27.7 Å². The molecule has 0 radical (unpaired) electrons. The number of carboxylic acids is 1. The standard InChI is InChI=1S/C8H3BrF2O3/c9-5-2-3(10)1-4(6(5)11)7(12)8(13)14/h1-2H,(H,13,14). The third kappa shape index (κ3) is 1.95. The van der Waals surface area contributed by atoms with E-state index in [4.69, 9.17) is 5.11 Å². The van der Waals surface area contributed by atoms with Crippen molar-refractivity contribution in [1.82, 2.24) is 0 Å². The fraction of sp³-hybridized carbons (Fsp3) is 0. The van der Waals surface area contributed by atoms with Gasteiger partial charge in [0.25, 0.3) is 5.78 Å². The first-order valence-electron chi connectivity index (χ1n) is 3.35. The maximum absolute atomic E-state index is 13.1. The minimum Gasteiger partial charge on any atom is -0.475 e. The molecule has 0 saturated carbocycles. The lowest BCUT2D eigenvalue weighted by Crippen LogP contribution is -2.15. The number of Topliss-reactive ketones (excluding diaryl/α,β-unsaturated/α-hetero) is 1. The first-order valence-corrected chi connectivity index (χ1v) is 4.15. The Morgan fingerprint density at radius 2 is 1.86 bits per heavy atom. The molecule has 3 nitrogen and oxygen atoms in total. The molecule has 1 rings (SSSR count). The molecule has 0 aliphatic heterocycles. The molecule has 0 heterocycles. The lowest BCUT2D eigenvalue weighted by atomic mass is 10.1. The number of aliphatic carboxylic acids is 1. The van der Waals surface area contributed by atoms with E-state index < -0.39 is 29.0 Å². The van der Waals surface area contributed by atoms with Crippen LogP contribution in [0.15, 0.2) is 16.6 Å². The summed E-state index contributed by atoms with van der Waals surface area (Å²) >= 11 is 2.65. The van der Waals surface area contributed by atoms with Crippen LogP contribution in [0.25, 0.3) is 0 Å². The van der Waals surface area contributed by atoms with Crippen molar-refractivity contribution in [3.8, 4) is 0 Å². The van der Waals surface area contributed by atoms with Gasteiger partial charge in [-0.15, -0.1) is 0 Å². The van der Waals surface area contributed by atoms with E-state index in [9.17, 15) is 18.4 Å². The van der Waals surface area contributed by atoms with E-state index in [2.05, 4.69) is 15.9 Å². The zero-order chi connectivity index (χ0) is 10.9. The van der Waals surface area contributed by atoms with Gasteiger partial charge in [0.2, 0.25) is 0 Å². The van der Waals surface area contributed by atoms with Crippen LogP contribution < -0.4 is 0 Å². The molecule has 0 bridgehead atoms. The predicted molar refractivity (Wildman–Crippen MR) is 46.0 cm³/mol. The summed E-state index contributed by atoms with van der Waals surface area (Å²) in [5.74, 6) is -5.29. The largest absolute Gasteiger partial charge is 0.475 e. The normalized spacial score (nSPS) is 9.93. The van der Waals surface area contributed by atoms with Crippen molar-refractivity contribution in [2.75, 3.05) is 0 Å². The van der Waals surface area contributed by atoms with Gasteiger partial charge in [0, 0.05) is 0 Å². The summed E-state index contributed by atoms with van der Waals surface area (Å²) in [5, 5.41) is 8.29. The van der Waals surface area contributed by atoms with Crippen LogP contribution in [-0.4, -0.2) is 16.9 Å². The van der Waals surface area contributed by atoms with Gasteiger partial charge in [0.1, 0.15) is 11.6 Å². The highest BCUT2D eigenvalue weighted by Crippen LogP contribution is 2.21. The van der Waals surface area contributed by atoms with E-state index >= 15 is 0 Å². The Balaban J connectivity index is 3.34. The maximum atomic E-state index is 13.1. The second-order valence-corrected chi connectivity index (χ2v) is 3.24.